The van der Waals surface area contributed by atoms with Gasteiger partial charge in [-0.3, -0.25) is 9.59 Å². The van der Waals surface area contributed by atoms with Crippen molar-refractivity contribution in [3.05, 3.63) is 42.1 Å². The first-order valence-electron chi connectivity index (χ1n) is 5.93. The lowest BCUT2D eigenvalue weighted by Gasteiger charge is -2.30. The van der Waals surface area contributed by atoms with E-state index in [0.717, 1.165) is 5.69 Å². The maximum absolute atomic E-state index is 11.4. The van der Waals surface area contributed by atoms with Crippen molar-refractivity contribution in [2.45, 2.75) is 19.4 Å². The monoisotopic (exact) mass is 244 g/mol. The van der Waals surface area contributed by atoms with E-state index in [1.807, 2.05) is 24.0 Å². The van der Waals surface area contributed by atoms with Crippen LogP contribution < -0.4 is 10.2 Å². The molecule has 1 atom stereocenters. The van der Waals surface area contributed by atoms with Gasteiger partial charge >= 0.3 is 0 Å². The van der Waals surface area contributed by atoms with Gasteiger partial charge in [-0.2, -0.15) is 0 Å². The number of carbonyl (C=O) groups is 2. The molecule has 1 N–H and O–H groups in total. The van der Waals surface area contributed by atoms with Gasteiger partial charge in [0.05, 0.1) is 0 Å². The molecular formula is C14H16N2O2. The van der Waals surface area contributed by atoms with Crippen molar-refractivity contribution in [2.24, 2.45) is 0 Å². The van der Waals surface area contributed by atoms with Crippen molar-refractivity contribution in [1.29, 1.82) is 0 Å². The van der Waals surface area contributed by atoms with Crippen LogP contribution in [0.2, 0.25) is 0 Å². The molecular weight excluding hydrogens is 228 g/mol. The minimum absolute atomic E-state index is 0.0982. The predicted molar refractivity (Wildman–Crippen MR) is 70.5 cm³/mol. The summed E-state index contributed by atoms with van der Waals surface area (Å²) in [6.07, 6.45) is 3.91. The van der Waals surface area contributed by atoms with Crippen LogP contribution in [0, 0.1) is 0 Å². The van der Waals surface area contributed by atoms with Gasteiger partial charge in [0.2, 0.25) is 0 Å². The first-order valence-corrected chi connectivity index (χ1v) is 5.93. The van der Waals surface area contributed by atoms with Gasteiger partial charge < -0.3 is 10.2 Å². The van der Waals surface area contributed by atoms with Crippen molar-refractivity contribution < 1.29 is 9.59 Å². The van der Waals surface area contributed by atoms with Crippen LogP contribution in [0.5, 0.6) is 0 Å². The Balaban J connectivity index is 2.22. The topological polar surface area (TPSA) is 49.4 Å². The summed E-state index contributed by atoms with van der Waals surface area (Å²) < 4.78 is 0. The molecule has 18 heavy (non-hydrogen) atoms. The predicted octanol–water partition coefficient (Wildman–Crippen LogP) is 1.73. The number of nitrogens with zero attached hydrogens (tertiary/aromatic N) is 1. The van der Waals surface area contributed by atoms with Crippen LogP contribution in [0.1, 0.15) is 23.7 Å². The van der Waals surface area contributed by atoms with E-state index in [4.69, 9.17) is 0 Å². The number of hydrogen-bond acceptors (Lipinski definition) is 3. The molecule has 1 aromatic carbocycles. The minimum atomic E-state index is -0.0982. The van der Waals surface area contributed by atoms with Crippen LogP contribution in [0.25, 0.3) is 0 Å². The molecule has 0 aliphatic carbocycles. The number of rotatable bonds is 2. The van der Waals surface area contributed by atoms with E-state index >= 15 is 0 Å². The summed E-state index contributed by atoms with van der Waals surface area (Å²) in [5, 5.41) is 2.58. The van der Waals surface area contributed by atoms with Crippen molar-refractivity contribution in [3.63, 3.8) is 0 Å². The van der Waals surface area contributed by atoms with Gasteiger partial charge in [-0.25, -0.2) is 0 Å². The van der Waals surface area contributed by atoms with E-state index in [1.54, 1.807) is 31.5 Å². The number of allylic oxidation sites excluding steroid dienone is 1. The average Bonchev–Trinajstić information content (AvgIpc) is 2.38. The average molecular weight is 244 g/mol. The molecule has 0 saturated heterocycles. The van der Waals surface area contributed by atoms with Gasteiger partial charge in [0.1, 0.15) is 0 Å². The maximum atomic E-state index is 11.4. The molecule has 94 valence electrons. The lowest BCUT2D eigenvalue weighted by Crippen LogP contribution is -2.33. The van der Waals surface area contributed by atoms with Gasteiger partial charge in [-0.15, -0.1) is 0 Å². The highest BCUT2D eigenvalue weighted by Gasteiger charge is 2.19. The van der Waals surface area contributed by atoms with Crippen LogP contribution in [-0.2, 0) is 4.79 Å². The number of nitrogens with one attached hydrogen (secondary N) is 1. The molecule has 1 aliphatic heterocycles. The number of hydrogen-bond donors (Lipinski definition) is 1. The third kappa shape index (κ3) is 2.42. The van der Waals surface area contributed by atoms with Crippen LogP contribution in [0.4, 0.5) is 5.69 Å². The Morgan fingerprint density at radius 3 is 2.56 bits per heavy atom. The molecule has 0 spiro atoms. The standard InChI is InChI=1S/C14H16N2O2/c1-10-9-13(17)7-8-16(10)12-5-3-11(4-6-12)14(18)15-2/h3-8,10H,9H2,1-2H3,(H,15,18). The van der Waals surface area contributed by atoms with Gasteiger partial charge in [0, 0.05) is 37.0 Å². The summed E-state index contributed by atoms with van der Waals surface area (Å²) in [4.78, 5) is 24.7. The number of ketones is 1. The molecule has 1 amide bonds. The smallest absolute Gasteiger partial charge is 0.251 e. The summed E-state index contributed by atoms with van der Waals surface area (Å²) in [7, 11) is 1.61. The number of anilines is 1. The Labute approximate surface area is 106 Å². The first kappa shape index (κ1) is 12.4. The van der Waals surface area contributed by atoms with Gasteiger partial charge in [-0.05, 0) is 37.3 Å². The Morgan fingerprint density at radius 2 is 2.00 bits per heavy atom. The molecule has 1 unspecified atom stereocenters. The Bertz CT molecular complexity index is 491. The molecule has 1 aliphatic rings. The van der Waals surface area contributed by atoms with Crippen molar-refractivity contribution in [3.8, 4) is 0 Å². The van der Waals surface area contributed by atoms with Crippen molar-refractivity contribution in [1.82, 2.24) is 5.32 Å². The molecule has 4 heteroatoms. The fourth-order valence-electron chi connectivity index (χ4n) is 2.04. The Kier molecular flexibility index (Phi) is 3.46. The zero-order valence-electron chi connectivity index (χ0n) is 10.5. The SMILES string of the molecule is CNC(=O)c1ccc(N2C=CC(=O)CC2C)cc1. The Morgan fingerprint density at radius 1 is 1.33 bits per heavy atom. The highest BCUT2D eigenvalue weighted by atomic mass is 16.1. The zero-order valence-corrected chi connectivity index (χ0v) is 10.5. The molecule has 1 aromatic rings. The molecule has 0 fully saturated rings. The highest BCUT2D eigenvalue weighted by molar-refractivity contribution is 5.94. The second kappa shape index (κ2) is 5.04. The van der Waals surface area contributed by atoms with Crippen molar-refractivity contribution >= 4 is 17.4 Å². The molecule has 0 aromatic heterocycles. The van der Waals surface area contributed by atoms with Crippen molar-refractivity contribution in [2.75, 3.05) is 11.9 Å². The van der Waals surface area contributed by atoms with E-state index in [-0.39, 0.29) is 17.7 Å². The Hall–Kier alpha value is -2.10. The molecule has 2 rings (SSSR count). The lowest BCUT2D eigenvalue weighted by atomic mass is 10.1. The van der Waals surface area contributed by atoms with Crippen LogP contribution in [-0.4, -0.2) is 24.8 Å². The largest absolute Gasteiger partial charge is 0.355 e. The lowest BCUT2D eigenvalue weighted by molar-refractivity contribution is -0.115. The van der Waals surface area contributed by atoms with E-state index in [1.165, 1.54) is 0 Å². The molecule has 0 saturated carbocycles. The third-order valence-corrected chi connectivity index (χ3v) is 3.05. The second-order valence-corrected chi connectivity index (χ2v) is 4.37. The van der Waals surface area contributed by atoms with Crippen LogP contribution in [0.3, 0.4) is 0 Å². The number of carbonyl (C=O) groups excluding carboxylic acids is 2. The molecule has 4 nitrogen and oxygen atoms in total. The fraction of sp³-hybridized carbons (Fsp3) is 0.286. The fourth-order valence-corrected chi connectivity index (χ4v) is 2.04. The second-order valence-electron chi connectivity index (χ2n) is 4.37. The first-order chi connectivity index (χ1) is 8.61. The minimum Gasteiger partial charge on any atom is -0.355 e. The highest BCUT2D eigenvalue weighted by Crippen LogP contribution is 2.22. The quantitative estimate of drug-likeness (QED) is 0.862. The summed E-state index contributed by atoms with van der Waals surface area (Å²) >= 11 is 0. The van der Waals surface area contributed by atoms with Gasteiger partial charge in [-0.1, -0.05) is 0 Å². The van der Waals surface area contributed by atoms with Crippen LogP contribution in [0.15, 0.2) is 36.5 Å². The number of benzene rings is 1. The van der Waals surface area contributed by atoms with E-state index in [0.29, 0.717) is 12.0 Å². The summed E-state index contributed by atoms with van der Waals surface area (Å²) in [5.74, 6) is 0.0553. The zero-order chi connectivity index (χ0) is 13.1. The molecule has 0 radical (unpaired) electrons. The summed E-state index contributed by atoms with van der Waals surface area (Å²) in [6, 6.07) is 7.49. The van der Waals surface area contributed by atoms with E-state index in [2.05, 4.69) is 5.32 Å². The maximum Gasteiger partial charge on any atom is 0.251 e. The summed E-state index contributed by atoms with van der Waals surface area (Å²) in [5.41, 5.74) is 1.62. The van der Waals surface area contributed by atoms with Gasteiger partial charge in [0.25, 0.3) is 5.91 Å². The van der Waals surface area contributed by atoms with E-state index < -0.39 is 0 Å². The third-order valence-electron chi connectivity index (χ3n) is 3.05. The number of amides is 1. The van der Waals surface area contributed by atoms with E-state index in [9.17, 15) is 9.59 Å². The van der Waals surface area contributed by atoms with Crippen LogP contribution >= 0.6 is 0 Å². The molecule has 1 heterocycles. The normalized spacial score (nSPS) is 18.9. The summed E-state index contributed by atoms with van der Waals surface area (Å²) in [6.45, 7) is 2.01. The van der Waals surface area contributed by atoms with Gasteiger partial charge in [0.15, 0.2) is 5.78 Å². The molecule has 0 bridgehead atoms.